The minimum atomic E-state index is -4.62. The van der Waals surface area contributed by atoms with Crippen LogP contribution in [0.2, 0.25) is 0 Å². The Hall–Kier alpha value is -1.57. The Labute approximate surface area is 108 Å². The monoisotopic (exact) mass is 278 g/mol. The minimum absolute atomic E-state index is 0.160. The molecule has 5 nitrogen and oxygen atoms in total. The predicted octanol–water partition coefficient (Wildman–Crippen LogP) is 1.54. The first-order valence-corrected chi connectivity index (χ1v) is 6.01. The zero-order chi connectivity index (χ0) is 14.5. The van der Waals surface area contributed by atoms with Crippen LogP contribution in [-0.2, 0) is 6.18 Å². The lowest BCUT2D eigenvalue weighted by Gasteiger charge is -2.18. The number of aromatic nitrogens is 2. The van der Waals surface area contributed by atoms with E-state index in [1.165, 1.54) is 0 Å². The van der Waals surface area contributed by atoms with E-state index in [-0.39, 0.29) is 5.95 Å². The van der Waals surface area contributed by atoms with E-state index in [2.05, 4.69) is 20.2 Å². The fourth-order valence-electron chi connectivity index (χ4n) is 1.56. The van der Waals surface area contributed by atoms with E-state index in [1.807, 2.05) is 13.8 Å². The largest absolute Gasteiger partial charge is 0.433 e. The van der Waals surface area contributed by atoms with Crippen molar-refractivity contribution in [2.24, 2.45) is 0 Å². The van der Waals surface area contributed by atoms with Crippen LogP contribution in [0.4, 0.5) is 19.1 Å². The van der Waals surface area contributed by atoms with E-state index in [0.29, 0.717) is 19.2 Å². The van der Waals surface area contributed by atoms with E-state index in [9.17, 15) is 18.0 Å². The van der Waals surface area contributed by atoms with Gasteiger partial charge in [-0.05, 0) is 13.1 Å². The van der Waals surface area contributed by atoms with Crippen LogP contribution >= 0.6 is 0 Å². The molecule has 0 aromatic carbocycles. The molecule has 2 N–H and O–H groups in total. The standard InChI is InChI=1S/C11H17F3N4O/c1-3-18(4-2)6-5-15-10-16-8(11(12,13)14)7-9(19)17-10/h7H,3-6H2,1-2H3,(H2,15,16,17,19). The summed E-state index contributed by atoms with van der Waals surface area (Å²) >= 11 is 0. The van der Waals surface area contributed by atoms with E-state index in [0.717, 1.165) is 13.1 Å². The summed E-state index contributed by atoms with van der Waals surface area (Å²) in [5.74, 6) is -0.160. The molecule has 0 saturated carbocycles. The average molecular weight is 278 g/mol. The number of halogens is 3. The van der Waals surface area contributed by atoms with Gasteiger partial charge in [-0.3, -0.25) is 9.78 Å². The number of rotatable bonds is 6. The summed E-state index contributed by atoms with van der Waals surface area (Å²) in [4.78, 5) is 18.8. The number of hydrogen-bond donors (Lipinski definition) is 2. The van der Waals surface area contributed by atoms with Crippen LogP contribution in [0.5, 0.6) is 0 Å². The second-order valence-corrected chi connectivity index (χ2v) is 3.93. The van der Waals surface area contributed by atoms with Gasteiger partial charge in [-0.25, -0.2) is 4.98 Å². The molecule has 0 aliphatic rings. The lowest BCUT2D eigenvalue weighted by atomic mass is 10.4. The van der Waals surface area contributed by atoms with Crippen molar-refractivity contribution in [2.45, 2.75) is 20.0 Å². The summed E-state index contributed by atoms with van der Waals surface area (Å²) in [5, 5.41) is 2.69. The second-order valence-electron chi connectivity index (χ2n) is 3.93. The van der Waals surface area contributed by atoms with E-state index in [1.54, 1.807) is 0 Å². The molecule has 0 bridgehead atoms. The first kappa shape index (κ1) is 15.5. The highest BCUT2D eigenvalue weighted by Crippen LogP contribution is 2.26. The summed E-state index contributed by atoms with van der Waals surface area (Å²) in [7, 11) is 0. The molecule has 0 radical (unpaired) electrons. The van der Waals surface area contributed by atoms with Gasteiger partial charge in [0, 0.05) is 19.2 Å². The fourth-order valence-corrected chi connectivity index (χ4v) is 1.56. The third-order valence-corrected chi connectivity index (χ3v) is 2.65. The molecule has 108 valence electrons. The van der Waals surface area contributed by atoms with Crippen molar-refractivity contribution in [3.05, 3.63) is 22.1 Å². The van der Waals surface area contributed by atoms with E-state index in [4.69, 9.17) is 0 Å². The van der Waals surface area contributed by atoms with Crippen molar-refractivity contribution in [3.63, 3.8) is 0 Å². The van der Waals surface area contributed by atoms with Gasteiger partial charge >= 0.3 is 6.18 Å². The van der Waals surface area contributed by atoms with Crippen LogP contribution in [0.1, 0.15) is 19.5 Å². The zero-order valence-corrected chi connectivity index (χ0v) is 10.8. The highest BCUT2D eigenvalue weighted by atomic mass is 19.4. The minimum Gasteiger partial charge on any atom is -0.354 e. The molecule has 1 rings (SSSR count). The van der Waals surface area contributed by atoms with Gasteiger partial charge in [0.25, 0.3) is 5.56 Å². The lowest BCUT2D eigenvalue weighted by Crippen LogP contribution is -2.29. The smallest absolute Gasteiger partial charge is 0.354 e. The molecule has 0 unspecified atom stereocenters. The van der Waals surface area contributed by atoms with Crippen molar-refractivity contribution in [1.82, 2.24) is 14.9 Å². The maximum absolute atomic E-state index is 12.5. The van der Waals surface area contributed by atoms with Gasteiger partial charge in [0.05, 0.1) is 0 Å². The molecule has 0 amide bonds. The normalized spacial score (nSPS) is 11.9. The maximum atomic E-state index is 12.5. The Bertz CT molecular complexity index is 454. The highest BCUT2D eigenvalue weighted by Gasteiger charge is 2.33. The molecular weight excluding hydrogens is 261 g/mol. The van der Waals surface area contributed by atoms with Crippen molar-refractivity contribution in [2.75, 3.05) is 31.5 Å². The van der Waals surface area contributed by atoms with Gasteiger partial charge in [0.15, 0.2) is 5.69 Å². The van der Waals surface area contributed by atoms with Gasteiger partial charge in [0.2, 0.25) is 5.95 Å². The number of nitrogens with zero attached hydrogens (tertiary/aromatic N) is 2. The molecule has 0 saturated heterocycles. The van der Waals surface area contributed by atoms with Crippen molar-refractivity contribution >= 4 is 5.95 Å². The van der Waals surface area contributed by atoms with Crippen LogP contribution in [0.3, 0.4) is 0 Å². The third kappa shape index (κ3) is 4.90. The number of nitrogens with one attached hydrogen (secondary N) is 2. The second kappa shape index (κ2) is 6.55. The van der Waals surface area contributed by atoms with Crippen molar-refractivity contribution in [1.29, 1.82) is 0 Å². The van der Waals surface area contributed by atoms with E-state index < -0.39 is 17.4 Å². The summed E-state index contributed by atoms with van der Waals surface area (Å²) in [6, 6.07) is 0.440. The predicted molar refractivity (Wildman–Crippen MR) is 66.1 cm³/mol. The van der Waals surface area contributed by atoms with Crippen LogP contribution in [0, 0.1) is 0 Å². The highest BCUT2D eigenvalue weighted by molar-refractivity contribution is 5.25. The molecule has 0 aliphatic heterocycles. The van der Waals surface area contributed by atoms with Crippen molar-refractivity contribution in [3.8, 4) is 0 Å². The Morgan fingerprint density at radius 2 is 2.00 bits per heavy atom. The average Bonchev–Trinajstić information content (AvgIpc) is 2.33. The van der Waals surface area contributed by atoms with Crippen LogP contribution in [-0.4, -0.2) is 41.0 Å². The fraction of sp³-hybridized carbons (Fsp3) is 0.636. The van der Waals surface area contributed by atoms with Gasteiger partial charge < -0.3 is 10.2 Å². The first-order valence-electron chi connectivity index (χ1n) is 6.01. The molecule has 8 heteroatoms. The Balaban J connectivity index is 2.69. The quantitative estimate of drug-likeness (QED) is 0.828. The van der Waals surface area contributed by atoms with Crippen LogP contribution < -0.4 is 10.9 Å². The van der Waals surface area contributed by atoms with Gasteiger partial charge in [-0.2, -0.15) is 13.2 Å². The molecule has 1 aromatic rings. The van der Waals surface area contributed by atoms with Crippen LogP contribution in [0.15, 0.2) is 10.9 Å². The zero-order valence-electron chi connectivity index (χ0n) is 10.8. The molecule has 0 aliphatic carbocycles. The number of likely N-dealkylation sites (N-methyl/N-ethyl adjacent to an activating group) is 1. The Morgan fingerprint density at radius 3 is 2.53 bits per heavy atom. The number of hydrogen-bond acceptors (Lipinski definition) is 4. The molecule has 0 spiro atoms. The first-order chi connectivity index (χ1) is 8.86. The van der Waals surface area contributed by atoms with E-state index >= 15 is 0 Å². The maximum Gasteiger partial charge on any atom is 0.433 e. The topological polar surface area (TPSA) is 61.0 Å². The number of aromatic amines is 1. The SMILES string of the molecule is CCN(CC)CCNc1nc(C(F)(F)F)cc(=O)[nH]1. The Kier molecular flexibility index (Phi) is 5.34. The number of anilines is 1. The lowest BCUT2D eigenvalue weighted by molar-refractivity contribution is -0.141. The van der Waals surface area contributed by atoms with Crippen molar-refractivity contribution < 1.29 is 13.2 Å². The molecule has 19 heavy (non-hydrogen) atoms. The Morgan fingerprint density at radius 1 is 1.37 bits per heavy atom. The molecule has 0 atom stereocenters. The summed E-state index contributed by atoms with van der Waals surface area (Å²) in [5.41, 5.74) is -2.02. The molecular formula is C11H17F3N4O. The number of alkyl halides is 3. The van der Waals surface area contributed by atoms with Gasteiger partial charge in [0.1, 0.15) is 0 Å². The number of H-pyrrole nitrogens is 1. The van der Waals surface area contributed by atoms with Crippen LogP contribution in [0.25, 0.3) is 0 Å². The third-order valence-electron chi connectivity index (χ3n) is 2.65. The summed E-state index contributed by atoms with van der Waals surface area (Å²) in [6.45, 7) is 6.76. The molecule has 1 aromatic heterocycles. The summed E-state index contributed by atoms with van der Waals surface area (Å²) in [6.07, 6.45) is -4.62. The summed E-state index contributed by atoms with van der Waals surface area (Å²) < 4.78 is 37.4. The molecule has 0 fully saturated rings. The molecule has 1 heterocycles. The van der Waals surface area contributed by atoms with Gasteiger partial charge in [-0.1, -0.05) is 13.8 Å². The van der Waals surface area contributed by atoms with Gasteiger partial charge in [-0.15, -0.1) is 0 Å².